The van der Waals surface area contributed by atoms with E-state index in [0.29, 0.717) is 0 Å². The van der Waals surface area contributed by atoms with Gasteiger partial charge >= 0.3 is 0 Å². The molecule has 10 aromatic carbocycles. The number of furan rings is 1. The molecule has 0 fully saturated rings. The fourth-order valence-corrected chi connectivity index (χ4v) is 8.90. The Morgan fingerprint density at radius 2 is 0.745 bits per heavy atom. The van der Waals surface area contributed by atoms with Crippen molar-refractivity contribution in [3.05, 3.63) is 206 Å². The summed E-state index contributed by atoms with van der Waals surface area (Å²) in [6.45, 7) is 0. The Bertz CT molecular complexity index is 3180. The van der Waals surface area contributed by atoms with E-state index in [9.17, 15) is 0 Å². The smallest absolute Gasteiger partial charge is 0.136 e. The van der Waals surface area contributed by atoms with Crippen molar-refractivity contribution in [2.75, 3.05) is 0 Å². The van der Waals surface area contributed by atoms with Crippen molar-refractivity contribution in [3.8, 4) is 55.6 Å². The predicted octanol–water partition coefficient (Wildman–Crippen LogP) is 15.4. The lowest BCUT2D eigenvalue weighted by molar-refractivity contribution is 0.669. The van der Waals surface area contributed by atoms with Gasteiger partial charge in [0.15, 0.2) is 0 Å². The van der Waals surface area contributed by atoms with Crippen LogP contribution in [0.25, 0.3) is 110 Å². The van der Waals surface area contributed by atoms with Crippen LogP contribution >= 0.6 is 0 Å². The highest BCUT2D eigenvalue weighted by atomic mass is 16.3. The summed E-state index contributed by atoms with van der Waals surface area (Å²) >= 11 is 0. The lowest BCUT2D eigenvalue weighted by Gasteiger charge is -2.19. The van der Waals surface area contributed by atoms with E-state index < -0.39 is 0 Å². The van der Waals surface area contributed by atoms with Crippen molar-refractivity contribution in [2.45, 2.75) is 0 Å². The molecule has 0 N–H and O–H groups in total. The van der Waals surface area contributed by atoms with E-state index in [1.165, 1.54) is 82.4 Å². The predicted molar refractivity (Wildman–Crippen MR) is 233 cm³/mol. The molecule has 0 aliphatic heterocycles. The summed E-state index contributed by atoms with van der Waals surface area (Å²) in [4.78, 5) is 0. The molecular weight excluding hydrogens is 665 g/mol. The summed E-state index contributed by atoms with van der Waals surface area (Å²) in [5.41, 5.74) is 13.9. The Labute approximate surface area is 319 Å². The highest BCUT2D eigenvalue weighted by Crippen LogP contribution is 2.48. The lowest BCUT2D eigenvalue weighted by Crippen LogP contribution is -1.92. The largest absolute Gasteiger partial charge is 0.456 e. The van der Waals surface area contributed by atoms with Crippen LogP contribution in [0.4, 0.5) is 0 Å². The monoisotopic (exact) mass is 698 g/mol. The van der Waals surface area contributed by atoms with E-state index in [-0.39, 0.29) is 0 Å². The fraction of sp³-hybridized carbons (Fsp3) is 0. The Hall–Kier alpha value is -7.22. The van der Waals surface area contributed by atoms with Gasteiger partial charge in [0.25, 0.3) is 0 Å². The van der Waals surface area contributed by atoms with Gasteiger partial charge in [-0.05, 0) is 101 Å². The van der Waals surface area contributed by atoms with Gasteiger partial charge in [-0.3, -0.25) is 0 Å². The van der Waals surface area contributed by atoms with E-state index in [4.69, 9.17) is 4.42 Å². The van der Waals surface area contributed by atoms with E-state index >= 15 is 0 Å². The van der Waals surface area contributed by atoms with Gasteiger partial charge in [-0.1, -0.05) is 188 Å². The molecule has 0 atom stereocenters. The Balaban J connectivity index is 1.15. The van der Waals surface area contributed by atoms with Gasteiger partial charge < -0.3 is 4.42 Å². The van der Waals surface area contributed by atoms with Gasteiger partial charge in [-0.15, -0.1) is 0 Å². The normalized spacial score (nSPS) is 11.6. The molecule has 0 saturated heterocycles. The molecule has 0 aliphatic carbocycles. The van der Waals surface area contributed by atoms with Crippen molar-refractivity contribution >= 4 is 54.3 Å². The standard InChI is InChI=1S/C54H34O/c1-2-15-35(16-3-1)39-19-6-7-21-41(39)47-33-34-50-54(48-26-12-13-28-49(48)55-50)52(47)38-31-29-37(30-32-38)51-43-22-8-10-24-45(43)53(46-25-11-9-23-44(46)51)42-27-14-18-36-17-4-5-20-40(36)42/h1-34H. The van der Waals surface area contributed by atoms with Gasteiger partial charge in [0, 0.05) is 16.3 Å². The van der Waals surface area contributed by atoms with Gasteiger partial charge in [0.1, 0.15) is 11.2 Å². The highest BCUT2D eigenvalue weighted by Gasteiger charge is 2.21. The maximum atomic E-state index is 6.48. The molecule has 0 spiro atoms. The van der Waals surface area contributed by atoms with Gasteiger partial charge in [-0.2, -0.15) is 0 Å². The van der Waals surface area contributed by atoms with Gasteiger partial charge in [-0.25, -0.2) is 0 Å². The molecule has 11 rings (SSSR count). The number of fused-ring (bicyclic) bond motifs is 6. The molecule has 0 bridgehead atoms. The Morgan fingerprint density at radius 1 is 0.236 bits per heavy atom. The minimum atomic E-state index is 0.891. The third-order valence-electron chi connectivity index (χ3n) is 11.3. The molecule has 55 heavy (non-hydrogen) atoms. The maximum absolute atomic E-state index is 6.48. The van der Waals surface area contributed by atoms with Crippen molar-refractivity contribution < 1.29 is 4.42 Å². The number of benzene rings is 10. The van der Waals surface area contributed by atoms with E-state index in [0.717, 1.165) is 27.5 Å². The molecule has 0 aliphatic rings. The van der Waals surface area contributed by atoms with Crippen LogP contribution < -0.4 is 0 Å². The van der Waals surface area contributed by atoms with E-state index in [2.05, 4.69) is 200 Å². The lowest BCUT2D eigenvalue weighted by atomic mass is 9.84. The second kappa shape index (κ2) is 12.7. The van der Waals surface area contributed by atoms with Crippen molar-refractivity contribution in [3.63, 3.8) is 0 Å². The van der Waals surface area contributed by atoms with E-state index in [1.54, 1.807) is 0 Å². The van der Waals surface area contributed by atoms with Crippen molar-refractivity contribution in [2.24, 2.45) is 0 Å². The summed E-state index contributed by atoms with van der Waals surface area (Å²) in [5, 5.41) is 9.78. The zero-order valence-corrected chi connectivity index (χ0v) is 30.0. The van der Waals surface area contributed by atoms with Crippen LogP contribution in [0, 0.1) is 0 Å². The highest BCUT2D eigenvalue weighted by molar-refractivity contribution is 6.24. The molecule has 1 nitrogen and oxygen atoms in total. The van der Waals surface area contributed by atoms with Crippen LogP contribution in [0.15, 0.2) is 211 Å². The van der Waals surface area contributed by atoms with Crippen LogP contribution in [0.2, 0.25) is 0 Å². The summed E-state index contributed by atoms with van der Waals surface area (Å²) in [7, 11) is 0. The molecule has 1 aromatic heterocycles. The maximum Gasteiger partial charge on any atom is 0.136 e. The Kier molecular flexibility index (Phi) is 7.25. The average molecular weight is 699 g/mol. The first-order valence-electron chi connectivity index (χ1n) is 18.9. The zero-order chi connectivity index (χ0) is 36.3. The van der Waals surface area contributed by atoms with Crippen molar-refractivity contribution in [1.29, 1.82) is 0 Å². The molecular formula is C54H34O. The number of hydrogen-bond acceptors (Lipinski definition) is 1. The first-order chi connectivity index (χ1) is 27.3. The topological polar surface area (TPSA) is 13.1 Å². The van der Waals surface area contributed by atoms with Crippen LogP contribution in [0.3, 0.4) is 0 Å². The Morgan fingerprint density at radius 3 is 1.45 bits per heavy atom. The second-order valence-corrected chi connectivity index (χ2v) is 14.3. The molecule has 0 radical (unpaired) electrons. The molecule has 0 amide bonds. The average Bonchev–Trinajstić information content (AvgIpc) is 3.64. The first-order valence-corrected chi connectivity index (χ1v) is 18.9. The van der Waals surface area contributed by atoms with Gasteiger partial charge in [0.2, 0.25) is 0 Å². The zero-order valence-electron chi connectivity index (χ0n) is 30.0. The number of rotatable bonds is 5. The SMILES string of the molecule is c1ccc(-c2ccccc2-c2ccc3oc4ccccc4c3c2-c2ccc(-c3c4ccccc4c(-c4cccc5ccccc45)c4ccccc34)cc2)cc1. The van der Waals surface area contributed by atoms with E-state index in [1.807, 2.05) is 6.07 Å². The van der Waals surface area contributed by atoms with Crippen LogP contribution in [0.5, 0.6) is 0 Å². The third kappa shape index (κ3) is 5.01. The molecule has 1 heterocycles. The minimum absolute atomic E-state index is 0.891. The quantitative estimate of drug-likeness (QED) is 0.163. The number of hydrogen-bond donors (Lipinski definition) is 0. The summed E-state index contributed by atoms with van der Waals surface area (Å²) < 4.78 is 6.48. The molecule has 0 saturated carbocycles. The third-order valence-corrected chi connectivity index (χ3v) is 11.3. The van der Waals surface area contributed by atoms with Crippen molar-refractivity contribution in [1.82, 2.24) is 0 Å². The molecule has 0 unspecified atom stereocenters. The van der Waals surface area contributed by atoms with Crippen LogP contribution in [-0.4, -0.2) is 0 Å². The van der Waals surface area contributed by atoms with Crippen LogP contribution in [-0.2, 0) is 0 Å². The first kappa shape index (κ1) is 31.3. The molecule has 11 aromatic rings. The van der Waals surface area contributed by atoms with Gasteiger partial charge in [0.05, 0.1) is 0 Å². The molecule has 1 heteroatoms. The minimum Gasteiger partial charge on any atom is -0.456 e. The summed E-state index contributed by atoms with van der Waals surface area (Å²) in [6.07, 6.45) is 0. The number of para-hydroxylation sites is 1. The fourth-order valence-electron chi connectivity index (χ4n) is 8.90. The summed E-state index contributed by atoms with van der Waals surface area (Å²) in [6, 6.07) is 74.7. The van der Waals surface area contributed by atoms with Crippen LogP contribution in [0.1, 0.15) is 0 Å². The summed E-state index contributed by atoms with van der Waals surface area (Å²) in [5.74, 6) is 0. The second-order valence-electron chi connectivity index (χ2n) is 14.3. The molecule has 256 valence electrons.